The molecule has 6 radical (unpaired) electrons. The summed E-state index contributed by atoms with van der Waals surface area (Å²) in [5.74, 6) is -0.332. The van der Waals surface area contributed by atoms with Gasteiger partial charge in [0, 0.05) is 11.8 Å². The number of benzene rings is 1. The molecule has 0 bridgehead atoms. The van der Waals surface area contributed by atoms with Gasteiger partial charge in [-0.25, -0.2) is 9.88 Å². The van der Waals surface area contributed by atoms with Crippen molar-refractivity contribution in [3.05, 3.63) is 75.1 Å². The molecule has 0 amide bonds. The van der Waals surface area contributed by atoms with Crippen molar-refractivity contribution in [2.24, 2.45) is 0 Å². The Morgan fingerprint density at radius 3 is 2.49 bits per heavy atom. The molecule has 0 spiro atoms. The highest BCUT2D eigenvalue weighted by Gasteiger charge is 2.33. The van der Waals surface area contributed by atoms with Gasteiger partial charge in [0.15, 0.2) is 18.9 Å². The van der Waals surface area contributed by atoms with Crippen LogP contribution in [0.25, 0.3) is 0 Å². The van der Waals surface area contributed by atoms with Gasteiger partial charge in [0.2, 0.25) is 0 Å². The van der Waals surface area contributed by atoms with Gasteiger partial charge in [-0.05, 0) is 45.1 Å². The molecule has 15 heteroatoms. The first kappa shape index (κ1) is 28.8. The minimum absolute atomic E-state index is 0.249. The molecule has 190 valence electrons. The average molecular weight is 523 g/mol. The molecule has 4 unspecified atom stereocenters. The molecule has 2 heterocycles. The fourth-order valence-corrected chi connectivity index (χ4v) is 4.93. The smallest absolute Gasteiger partial charge is 0.342 e. The maximum atomic E-state index is 13.7. The summed E-state index contributed by atoms with van der Waals surface area (Å²) in [4.78, 5) is 38.7. The van der Waals surface area contributed by atoms with Gasteiger partial charge in [-0.3, -0.25) is 23.7 Å². The molecule has 11 nitrogen and oxygen atoms in total. The lowest BCUT2D eigenvalue weighted by Crippen LogP contribution is -2.41. The number of carbonyl (C=O) groups is 1. The second kappa shape index (κ2) is 11.7. The third-order valence-corrected chi connectivity index (χ3v) is 6.69. The molecule has 1 aliphatic rings. The molecule has 1 aromatic carbocycles. The van der Waals surface area contributed by atoms with Crippen molar-refractivity contribution in [1.82, 2.24) is 14.6 Å². The van der Waals surface area contributed by atoms with Crippen LogP contribution in [0.15, 0.2) is 58.3 Å². The van der Waals surface area contributed by atoms with Crippen LogP contribution in [0.2, 0.25) is 0 Å². The highest BCUT2D eigenvalue weighted by atomic mass is 31.2. The zero-order valence-corrected chi connectivity index (χ0v) is 21.4. The number of H-pyrrole nitrogens is 1. The van der Waals surface area contributed by atoms with Crippen molar-refractivity contribution in [2.75, 3.05) is 6.35 Å². The molecular formula is C22H25B3N3O8P. The molecular weight excluding hydrogens is 498 g/mol. The Morgan fingerprint density at radius 2 is 1.86 bits per heavy atom. The molecule has 4 atom stereocenters. The highest BCUT2D eigenvalue weighted by molar-refractivity contribution is 7.57. The Balaban J connectivity index is 1.73. The van der Waals surface area contributed by atoms with Crippen molar-refractivity contribution >= 4 is 37.0 Å². The van der Waals surface area contributed by atoms with E-state index in [1.165, 1.54) is 19.1 Å². The van der Waals surface area contributed by atoms with E-state index in [4.69, 9.17) is 42.3 Å². The van der Waals surface area contributed by atoms with E-state index in [0.29, 0.717) is 0 Å². The van der Waals surface area contributed by atoms with Crippen LogP contribution in [-0.2, 0) is 28.7 Å². The third-order valence-electron chi connectivity index (χ3n) is 4.92. The Hall–Kier alpha value is -2.79. The first-order chi connectivity index (χ1) is 17.3. The first-order valence-corrected chi connectivity index (χ1v) is 13.1. The number of hydrogen-bond donors (Lipinski definition) is 2. The zero-order chi connectivity index (χ0) is 27.4. The van der Waals surface area contributed by atoms with Gasteiger partial charge in [-0.2, -0.15) is 0 Å². The van der Waals surface area contributed by atoms with E-state index in [-0.39, 0.29) is 17.4 Å². The van der Waals surface area contributed by atoms with Crippen LogP contribution in [0.1, 0.15) is 32.6 Å². The van der Waals surface area contributed by atoms with Crippen molar-refractivity contribution < 1.29 is 28.1 Å². The number of nitrogens with zero attached hydrogens (tertiary/aromatic N) is 1. The molecule has 0 aliphatic carbocycles. The number of carbonyl (C=O) groups excluding carboxylic acids is 1. The van der Waals surface area contributed by atoms with Crippen LogP contribution in [0.5, 0.6) is 5.75 Å². The zero-order valence-electron chi connectivity index (χ0n) is 20.5. The van der Waals surface area contributed by atoms with E-state index in [2.05, 4.69) is 10.1 Å². The summed E-state index contributed by atoms with van der Waals surface area (Å²) < 4.78 is 36.8. The number of rotatable bonds is 11. The first-order valence-electron chi connectivity index (χ1n) is 11.3. The van der Waals surface area contributed by atoms with E-state index >= 15 is 0 Å². The van der Waals surface area contributed by atoms with Gasteiger partial charge in [-0.15, -0.1) is 0 Å². The van der Waals surface area contributed by atoms with E-state index < -0.39 is 54.8 Å². The molecule has 0 saturated heterocycles. The number of aromatic nitrogens is 2. The van der Waals surface area contributed by atoms with E-state index in [1.54, 1.807) is 44.2 Å². The highest BCUT2D eigenvalue weighted by Crippen LogP contribution is 2.44. The largest absolute Gasteiger partial charge is 0.462 e. The number of nitrogens with one attached hydrogen (secondary N) is 2. The van der Waals surface area contributed by atoms with Gasteiger partial charge < -0.3 is 18.7 Å². The molecule has 2 N–H and O–H groups in total. The number of hydrogen-bond acceptors (Lipinski definition) is 8. The Morgan fingerprint density at radius 1 is 1.19 bits per heavy atom. The van der Waals surface area contributed by atoms with Crippen LogP contribution >= 0.6 is 7.52 Å². The molecule has 1 aliphatic heterocycles. The monoisotopic (exact) mass is 523 g/mol. The van der Waals surface area contributed by atoms with Crippen LogP contribution in [0, 0.1) is 0 Å². The lowest BCUT2D eigenvalue weighted by atomic mass is 9.40. The van der Waals surface area contributed by atoms with E-state index in [0.717, 1.165) is 10.8 Å². The fraction of sp³-hybridized carbons (Fsp3) is 0.409. The van der Waals surface area contributed by atoms with Crippen LogP contribution in [0.3, 0.4) is 0 Å². The fourth-order valence-electron chi connectivity index (χ4n) is 3.25. The number of aromatic amines is 1. The molecule has 2 aromatic rings. The molecule has 1 aromatic heterocycles. The molecule has 3 rings (SSSR count). The normalized spacial score (nSPS) is 19.9. The summed E-state index contributed by atoms with van der Waals surface area (Å²) in [6, 6.07) is 7.37. The summed E-state index contributed by atoms with van der Waals surface area (Å²) >= 11 is 0. The lowest BCUT2D eigenvalue weighted by molar-refractivity contribution is -0.149. The van der Waals surface area contributed by atoms with Crippen molar-refractivity contribution in [1.29, 1.82) is 0 Å². The third kappa shape index (κ3) is 7.85. The van der Waals surface area contributed by atoms with Gasteiger partial charge >= 0.3 is 19.2 Å². The van der Waals surface area contributed by atoms with Crippen LogP contribution < -0.4 is 20.9 Å². The van der Waals surface area contributed by atoms with Crippen LogP contribution in [-0.4, -0.2) is 63.8 Å². The number of para-hydroxylation sites is 1. The minimum Gasteiger partial charge on any atom is -0.462 e. The second-order valence-electron chi connectivity index (χ2n) is 8.63. The molecule has 37 heavy (non-hydrogen) atoms. The van der Waals surface area contributed by atoms with E-state index in [9.17, 15) is 18.9 Å². The lowest BCUT2D eigenvalue weighted by Gasteiger charge is -2.25. The van der Waals surface area contributed by atoms with E-state index in [1.807, 2.05) is 0 Å². The van der Waals surface area contributed by atoms with Gasteiger partial charge in [0.25, 0.3) is 5.56 Å². The quantitative estimate of drug-likeness (QED) is 0.189. The summed E-state index contributed by atoms with van der Waals surface area (Å²) in [5, 5.41) is 0.673. The minimum atomic E-state index is -3.84. The summed E-state index contributed by atoms with van der Waals surface area (Å²) in [6.07, 6.45) is 1.08. The molecule has 0 fully saturated rings. The number of ether oxygens (including phenoxy) is 3. The maximum absolute atomic E-state index is 13.7. The Bertz CT molecular complexity index is 1290. The predicted octanol–water partition coefficient (Wildman–Crippen LogP) is 0.739. The summed E-state index contributed by atoms with van der Waals surface area (Å²) in [5.41, 5.74) is -1.88. The Kier molecular flexibility index (Phi) is 9.12. The topological polar surface area (TPSA) is 138 Å². The maximum Gasteiger partial charge on any atom is 0.342 e. The standard InChI is InChI=1S/C22H25B3N3O8P/c1-13(2)34-20(30)14(3)27-37(32,36-15-7-5-4-6-8-15)12-33-18-10-9-17(35-18)28-11-16(22(23,24)25)19(29)26-21(28)31/h4-11,13-14,17-18H,12H2,1-3H3,(H,27,32)(H,26,29,31). The SMILES string of the molecule is [B]C([B])([B])c1cn(C2C=CC(OCP(=O)(NC(C)C(=O)OC(C)C)Oc3ccccc3)O2)c(=O)[nH]c1=O. The number of esters is 1. The van der Waals surface area contributed by atoms with Gasteiger partial charge in [0.1, 0.15) is 11.8 Å². The predicted molar refractivity (Wildman–Crippen MR) is 138 cm³/mol. The van der Waals surface area contributed by atoms with Gasteiger partial charge in [-0.1, -0.05) is 23.3 Å². The van der Waals surface area contributed by atoms with Gasteiger partial charge in [0.05, 0.1) is 29.6 Å². The van der Waals surface area contributed by atoms with Crippen molar-refractivity contribution in [3.63, 3.8) is 0 Å². The van der Waals surface area contributed by atoms with Crippen molar-refractivity contribution in [2.45, 2.75) is 50.5 Å². The Labute approximate surface area is 217 Å². The molecule has 0 saturated carbocycles. The second-order valence-corrected chi connectivity index (χ2v) is 10.7. The van der Waals surface area contributed by atoms with Crippen LogP contribution in [0.4, 0.5) is 0 Å². The average Bonchev–Trinajstić information content (AvgIpc) is 3.26. The van der Waals surface area contributed by atoms with Crippen molar-refractivity contribution in [3.8, 4) is 5.75 Å². The summed E-state index contributed by atoms with van der Waals surface area (Å²) in [7, 11) is 13.0. The summed E-state index contributed by atoms with van der Waals surface area (Å²) in [6.45, 7) is 4.87.